The molecule has 104 valence electrons. The summed E-state index contributed by atoms with van der Waals surface area (Å²) in [6.07, 6.45) is 5.14. The molecule has 1 rings (SSSR count). The highest BCUT2D eigenvalue weighted by Crippen LogP contribution is 2.31. The summed E-state index contributed by atoms with van der Waals surface area (Å²) in [5, 5.41) is 11.8. The predicted octanol–water partition coefficient (Wildman–Crippen LogP) is 0.684. The van der Waals surface area contributed by atoms with Crippen molar-refractivity contribution in [3.63, 3.8) is 0 Å². The van der Waals surface area contributed by atoms with E-state index in [4.69, 9.17) is 10.8 Å². The van der Waals surface area contributed by atoms with E-state index < -0.39 is 12.0 Å². The largest absolute Gasteiger partial charge is 0.481 e. The van der Waals surface area contributed by atoms with Crippen LogP contribution in [-0.2, 0) is 9.59 Å². The maximum atomic E-state index is 11.7. The van der Waals surface area contributed by atoms with E-state index in [0.717, 1.165) is 18.6 Å². The van der Waals surface area contributed by atoms with E-state index in [1.165, 1.54) is 0 Å². The molecular weight excluding hydrogens is 252 g/mol. The Labute approximate surface area is 112 Å². The van der Waals surface area contributed by atoms with Crippen LogP contribution in [0.15, 0.2) is 0 Å². The molecule has 0 aliphatic heterocycles. The first-order valence-electron chi connectivity index (χ1n) is 6.31. The summed E-state index contributed by atoms with van der Waals surface area (Å²) in [6, 6.07) is -0.484. The molecule has 4 N–H and O–H groups in total. The molecule has 3 atom stereocenters. The van der Waals surface area contributed by atoms with Gasteiger partial charge in [0, 0.05) is 6.54 Å². The first kappa shape index (κ1) is 15.3. The molecule has 2 unspecified atom stereocenters. The predicted molar refractivity (Wildman–Crippen MR) is 72.5 cm³/mol. The Bertz CT molecular complexity index is 299. The van der Waals surface area contributed by atoms with Crippen molar-refractivity contribution < 1.29 is 14.7 Å². The minimum atomic E-state index is -0.751. The van der Waals surface area contributed by atoms with Gasteiger partial charge in [0.2, 0.25) is 5.91 Å². The number of amides is 1. The van der Waals surface area contributed by atoms with Gasteiger partial charge in [0.25, 0.3) is 0 Å². The Hall–Kier alpha value is -0.750. The zero-order valence-electron chi connectivity index (χ0n) is 10.7. The van der Waals surface area contributed by atoms with E-state index >= 15 is 0 Å². The van der Waals surface area contributed by atoms with Crippen LogP contribution in [0.3, 0.4) is 0 Å². The van der Waals surface area contributed by atoms with Gasteiger partial charge in [-0.1, -0.05) is 6.42 Å². The van der Waals surface area contributed by atoms with Crippen molar-refractivity contribution in [3.05, 3.63) is 0 Å². The number of rotatable bonds is 7. The summed E-state index contributed by atoms with van der Waals surface area (Å²) in [4.78, 5) is 22.7. The quantitative estimate of drug-likeness (QED) is 0.635. The number of hydrogen-bond acceptors (Lipinski definition) is 4. The van der Waals surface area contributed by atoms with Gasteiger partial charge in [0.1, 0.15) is 0 Å². The Morgan fingerprint density at radius 2 is 2.22 bits per heavy atom. The minimum absolute atomic E-state index is 0.0548. The van der Waals surface area contributed by atoms with Crippen LogP contribution in [-0.4, -0.2) is 41.6 Å². The minimum Gasteiger partial charge on any atom is -0.481 e. The van der Waals surface area contributed by atoms with Crippen molar-refractivity contribution in [2.24, 2.45) is 17.6 Å². The molecule has 1 aliphatic carbocycles. The van der Waals surface area contributed by atoms with Crippen LogP contribution < -0.4 is 11.1 Å². The molecule has 5 nitrogen and oxygen atoms in total. The highest BCUT2D eigenvalue weighted by atomic mass is 32.2. The van der Waals surface area contributed by atoms with Crippen LogP contribution in [0, 0.1) is 11.8 Å². The van der Waals surface area contributed by atoms with E-state index in [0.29, 0.717) is 19.4 Å². The van der Waals surface area contributed by atoms with E-state index in [1.54, 1.807) is 11.8 Å². The van der Waals surface area contributed by atoms with Gasteiger partial charge in [-0.2, -0.15) is 11.8 Å². The van der Waals surface area contributed by atoms with Gasteiger partial charge in [-0.3, -0.25) is 9.59 Å². The summed E-state index contributed by atoms with van der Waals surface area (Å²) in [5.74, 6) is -0.319. The SMILES string of the molecule is CSCC[C@H](N)C(=O)NCC1CCCC1C(=O)O. The van der Waals surface area contributed by atoms with E-state index in [9.17, 15) is 9.59 Å². The standard InChI is InChI=1S/C12H22N2O3S/c1-18-6-5-10(13)11(15)14-7-8-3-2-4-9(8)12(16)17/h8-10H,2-7,13H2,1H3,(H,14,15)(H,16,17)/t8?,9?,10-/m0/s1. The number of carboxylic acids is 1. The van der Waals surface area contributed by atoms with Crippen molar-refractivity contribution in [2.45, 2.75) is 31.7 Å². The average Bonchev–Trinajstić information content (AvgIpc) is 2.81. The zero-order valence-corrected chi connectivity index (χ0v) is 11.5. The fraction of sp³-hybridized carbons (Fsp3) is 0.833. The molecule has 0 aromatic carbocycles. The molecule has 0 heterocycles. The molecule has 0 aromatic heterocycles. The Balaban J connectivity index is 2.31. The number of nitrogens with one attached hydrogen (secondary N) is 1. The van der Waals surface area contributed by atoms with Crippen molar-refractivity contribution in [1.29, 1.82) is 0 Å². The fourth-order valence-electron chi connectivity index (χ4n) is 2.34. The fourth-order valence-corrected chi connectivity index (χ4v) is 2.83. The van der Waals surface area contributed by atoms with Crippen LogP contribution in [0.2, 0.25) is 0 Å². The molecule has 1 aliphatic rings. The highest BCUT2D eigenvalue weighted by molar-refractivity contribution is 7.98. The second-order valence-corrected chi connectivity index (χ2v) is 5.75. The van der Waals surface area contributed by atoms with Crippen LogP contribution in [0.25, 0.3) is 0 Å². The monoisotopic (exact) mass is 274 g/mol. The maximum absolute atomic E-state index is 11.7. The van der Waals surface area contributed by atoms with Gasteiger partial charge in [-0.25, -0.2) is 0 Å². The Morgan fingerprint density at radius 3 is 2.83 bits per heavy atom. The van der Waals surface area contributed by atoms with Crippen molar-refractivity contribution in [2.75, 3.05) is 18.6 Å². The van der Waals surface area contributed by atoms with Gasteiger partial charge in [0.15, 0.2) is 0 Å². The third-order valence-corrected chi connectivity index (χ3v) is 4.13. The van der Waals surface area contributed by atoms with Crippen LogP contribution in [0.4, 0.5) is 0 Å². The van der Waals surface area contributed by atoms with E-state index in [1.807, 2.05) is 6.26 Å². The van der Waals surface area contributed by atoms with Crippen molar-refractivity contribution in [3.8, 4) is 0 Å². The zero-order chi connectivity index (χ0) is 13.5. The summed E-state index contributed by atoms with van der Waals surface area (Å²) in [6.45, 7) is 0.433. The average molecular weight is 274 g/mol. The molecule has 18 heavy (non-hydrogen) atoms. The van der Waals surface area contributed by atoms with Crippen LogP contribution in [0.1, 0.15) is 25.7 Å². The van der Waals surface area contributed by atoms with Crippen molar-refractivity contribution >= 4 is 23.6 Å². The molecule has 0 aromatic rings. The number of hydrogen-bond donors (Lipinski definition) is 3. The lowest BCUT2D eigenvalue weighted by Crippen LogP contribution is -2.43. The molecule has 0 spiro atoms. The third-order valence-electron chi connectivity index (χ3n) is 3.48. The van der Waals surface area contributed by atoms with Gasteiger partial charge < -0.3 is 16.2 Å². The summed E-state index contributed by atoms with van der Waals surface area (Å²) >= 11 is 1.66. The highest BCUT2D eigenvalue weighted by Gasteiger charge is 2.33. The number of nitrogens with two attached hydrogens (primary N) is 1. The second-order valence-electron chi connectivity index (χ2n) is 4.77. The molecule has 1 fully saturated rings. The number of carbonyl (C=O) groups is 2. The number of aliphatic carboxylic acids is 1. The summed E-state index contributed by atoms with van der Waals surface area (Å²) in [7, 11) is 0. The van der Waals surface area contributed by atoms with Gasteiger partial charge in [-0.05, 0) is 37.2 Å². The first-order chi connectivity index (χ1) is 8.56. The van der Waals surface area contributed by atoms with E-state index in [-0.39, 0.29) is 17.7 Å². The topological polar surface area (TPSA) is 92.4 Å². The lowest BCUT2D eigenvalue weighted by atomic mass is 9.96. The molecular formula is C12H22N2O3S. The Morgan fingerprint density at radius 1 is 1.50 bits per heavy atom. The molecule has 0 bridgehead atoms. The second kappa shape index (κ2) is 7.63. The lowest BCUT2D eigenvalue weighted by molar-refractivity contribution is -0.143. The smallest absolute Gasteiger partial charge is 0.306 e. The first-order valence-corrected chi connectivity index (χ1v) is 7.70. The van der Waals surface area contributed by atoms with Gasteiger partial charge >= 0.3 is 5.97 Å². The van der Waals surface area contributed by atoms with Crippen LogP contribution >= 0.6 is 11.8 Å². The maximum Gasteiger partial charge on any atom is 0.306 e. The van der Waals surface area contributed by atoms with Gasteiger partial charge in [-0.15, -0.1) is 0 Å². The molecule has 1 saturated carbocycles. The summed E-state index contributed by atoms with van der Waals surface area (Å²) in [5.41, 5.74) is 5.74. The molecule has 0 radical (unpaired) electrons. The number of carboxylic acid groups (broad SMARTS) is 1. The van der Waals surface area contributed by atoms with Gasteiger partial charge in [0.05, 0.1) is 12.0 Å². The number of carbonyl (C=O) groups excluding carboxylic acids is 1. The molecule has 0 saturated heterocycles. The lowest BCUT2D eigenvalue weighted by Gasteiger charge is -2.18. The Kier molecular flexibility index (Phi) is 6.49. The normalized spacial score (nSPS) is 24.8. The van der Waals surface area contributed by atoms with E-state index in [2.05, 4.69) is 5.32 Å². The molecule has 6 heteroatoms. The third kappa shape index (κ3) is 4.49. The molecule has 1 amide bonds. The van der Waals surface area contributed by atoms with Crippen molar-refractivity contribution in [1.82, 2.24) is 5.32 Å². The summed E-state index contributed by atoms with van der Waals surface area (Å²) < 4.78 is 0. The number of thioether (sulfide) groups is 1. The van der Waals surface area contributed by atoms with Crippen LogP contribution in [0.5, 0.6) is 0 Å².